The third kappa shape index (κ3) is 2.78. The van der Waals surface area contributed by atoms with E-state index in [2.05, 4.69) is 12.2 Å². The first-order valence-corrected chi connectivity index (χ1v) is 8.03. The molecule has 0 aliphatic heterocycles. The van der Waals surface area contributed by atoms with E-state index in [1.165, 1.54) is 16.9 Å². The van der Waals surface area contributed by atoms with Gasteiger partial charge in [-0.2, -0.15) is 0 Å². The second-order valence-electron chi connectivity index (χ2n) is 5.57. The molecule has 0 bridgehead atoms. The summed E-state index contributed by atoms with van der Waals surface area (Å²) in [5, 5.41) is 5.06. The van der Waals surface area contributed by atoms with Crippen molar-refractivity contribution < 1.29 is 4.79 Å². The first-order valence-electron chi connectivity index (χ1n) is 7.15. The summed E-state index contributed by atoms with van der Waals surface area (Å²) >= 11 is 1.74. The summed E-state index contributed by atoms with van der Waals surface area (Å²) in [6.45, 7) is 2.89. The monoisotopic (exact) mass is 285 g/mol. The van der Waals surface area contributed by atoms with Crippen LogP contribution in [0.3, 0.4) is 0 Å². The average molecular weight is 285 g/mol. The second-order valence-corrected chi connectivity index (χ2v) is 6.53. The van der Waals surface area contributed by atoms with Gasteiger partial charge in [0.1, 0.15) is 0 Å². The maximum Gasteiger partial charge on any atom is 0.252 e. The Hall–Kier alpha value is -1.61. The zero-order chi connectivity index (χ0) is 13.9. The van der Waals surface area contributed by atoms with E-state index in [0.29, 0.717) is 6.54 Å². The van der Waals surface area contributed by atoms with E-state index in [4.69, 9.17) is 0 Å². The Bertz CT molecular complexity index is 603. The largest absolute Gasteiger partial charge is 0.348 e. The van der Waals surface area contributed by atoms with Crippen LogP contribution in [0.5, 0.6) is 0 Å². The summed E-state index contributed by atoms with van der Waals surface area (Å²) in [5.41, 5.74) is 3.32. The lowest BCUT2D eigenvalue weighted by Gasteiger charge is -2.18. The van der Waals surface area contributed by atoms with Crippen LogP contribution in [0.4, 0.5) is 0 Å². The lowest BCUT2D eigenvalue weighted by molar-refractivity contribution is 0.0950. The first kappa shape index (κ1) is 13.4. The molecular weight excluding hydrogens is 266 g/mol. The Morgan fingerprint density at radius 2 is 2.15 bits per heavy atom. The smallest absolute Gasteiger partial charge is 0.252 e. The fourth-order valence-electron chi connectivity index (χ4n) is 2.74. The minimum atomic E-state index is 0.0703. The van der Waals surface area contributed by atoms with Gasteiger partial charge in [-0.25, -0.2) is 0 Å². The van der Waals surface area contributed by atoms with Gasteiger partial charge in [-0.15, -0.1) is 11.3 Å². The SMILES string of the molecule is CC1CCc2c(C(=O)NCc3ccccc3)csc2C1. The predicted octanol–water partition coefficient (Wildman–Crippen LogP) is 3.80. The van der Waals surface area contributed by atoms with Crippen LogP contribution in [-0.2, 0) is 19.4 Å². The molecule has 104 valence electrons. The van der Waals surface area contributed by atoms with E-state index >= 15 is 0 Å². The number of thiophene rings is 1. The van der Waals surface area contributed by atoms with Crippen LogP contribution in [-0.4, -0.2) is 5.91 Å². The molecule has 0 spiro atoms. The number of hydrogen-bond donors (Lipinski definition) is 1. The number of amides is 1. The number of carbonyl (C=O) groups is 1. The molecule has 1 aromatic carbocycles. The maximum absolute atomic E-state index is 12.3. The van der Waals surface area contributed by atoms with Gasteiger partial charge in [-0.05, 0) is 36.3 Å². The van der Waals surface area contributed by atoms with Crippen molar-refractivity contribution in [1.29, 1.82) is 0 Å². The van der Waals surface area contributed by atoms with Crippen molar-refractivity contribution in [3.8, 4) is 0 Å². The van der Waals surface area contributed by atoms with Gasteiger partial charge in [0, 0.05) is 16.8 Å². The standard InChI is InChI=1S/C17H19NOS/c1-12-7-8-14-15(11-20-16(14)9-12)17(19)18-10-13-5-3-2-4-6-13/h2-6,11-12H,7-10H2,1H3,(H,18,19). The lowest BCUT2D eigenvalue weighted by Crippen LogP contribution is -2.24. The summed E-state index contributed by atoms with van der Waals surface area (Å²) in [5.74, 6) is 0.822. The van der Waals surface area contributed by atoms with Gasteiger partial charge in [-0.3, -0.25) is 4.79 Å². The molecule has 0 fully saturated rings. The molecule has 0 radical (unpaired) electrons. The van der Waals surface area contributed by atoms with Crippen molar-refractivity contribution in [1.82, 2.24) is 5.32 Å². The number of rotatable bonds is 3. The quantitative estimate of drug-likeness (QED) is 0.913. The molecule has 1 heterocycles. The Morgan fingerprint density at radius 3 is 2.95 bits per heavy atom. The van der Waals surface area contributed by atoms with Crippen molar-refractivity contribution in [2.75, 3.05) is 0 Å². The highest BCUT2D eigenvalue weighted by Gasteiger charge is 2.22. The molecule has 3 rings (SSSR count). The summed E-state index contributed by atoms with van der Waals surface area (Å²) in [6, 6.07) is 10.0. The zero-order valence-corrected chi connectivity index (χ0v) is 12.5. The summed E-state index contributed by atoms with van der Waals surface area (Å²) in [7, 11) is 0. The van der Waals surface area contributed by atoms with Crippen molar-refractivity contribution >= 4 is 17.2 Å². The van der Waals surface area contributed by atoms with E-state index in [0.717, 1.165) is 29.9 Å². The number of fused-ring (bicyclic) bond motifs is 1. The fraction of sp³-hybridized carbons (Fsp3) is 0.353. The number of nitrogens with one attached hydrogen (secondary N) is 1. The molecule has 1 N–H and O–H groups in total. The molecule has 1 aliphatic rings. The molecule has 0 saturated carbocycles. The summed E-state index contributed by atoms with van der Waals surface area (Å²) in [4.78, 5) is 13.7. The van der Waals surface area contributed by atoms with Gasteiger partial charge < -0.3 is 5.32 Å². The molecule has 2 aromatic rings. The Kier molecular flexibility index (Phi) is 3.88. The fourth-order valence-corrected chi connectivity index (χ4v) is 3.99. The Morgan fingerprint density at radius 1 is 1.35 bits per heavy atom. The molecular formula is C17H19NOS. The van der Waals surface area contributed by atoms with Gasteiger partial charge in [0.25, 0.3) is 5.91 Å². The maximum atomic E-state index is 12.3. The molecule has 1 aromatic heterocycles. The van der Waals surface area contributed by atoms with Gasteiger partial charge >= 0.3 is 0 Å². The van der Waals surface area contributed by atoms with E-state index < -0.39 is 0 Å². The number of hydrogen-bond acceptors (Lipinski definition) is 2. The van der Waals surface area contributed by atoms with E-state index in [1.807, 2.05) is 35.7 Å². The van der Waals surface area contributed by atoms with Crippen molar-refractivity contribution in [2.24, 2.45) is 5.92 Å². The topological polar surface area (TPSA) is 29.1 Å². The minimum absolute atomic E-state index is 0.0703. The van der Waals surface area contributed by atoms with Crippen LogP contribution in [0, 0.1) is 5.92 Å². The van der Waals surface area contributed by atoms with Gasteiger partial charge in [0.05, 0.1) is 5.56 Å². The Balaban J connectivity index is 1.69. The van der Waals surface area contributed by atoms with E-state index in [-0.39, 0.29) is 5.91 Å². The van der Waals surface area contributed by atoms with Crippen LogP contribution in [0.1, 0.15) is 39.7 Å². The van der Waals surface area contributed by atoms with Gasteiger partial charge in [0.15, 0.2) is 0 Å². The van der Waals surface area contributed by atoms with Crippen LogP contribution in [0.25, 0.3) is 0 Å². The van der Waals surface area contributed by atoms with Crippen LogP contribution in [0.2, 0.25) is 0 Å². The van der Waals surface area contributed by atoms with Crippen molar-refractivity contribution in [2.45, 2.75) is 32.7 Å². The van der Waals surface area contributed by atoms with Gasteiger partial charge in [-0.1, -0.05) is 37.3 Å². The van der Waals surface area contributed by atoms with Crippen molar-refractivity contribution in [3.63, 3.8) is 0 Å². The highest BCUT2D eigenvalue weighted by atomic mass is 32.1. The van der Waals surface area contributed by atoms with Gasteiger partial charge in [0.2, 0.25) is 0 Å². The average Bonchev–Trinajstić information content (AvgIpc) is 2.89. The van der Waals surface area contributed by atoms with E-state index in [9.17, 15) is 4.79 Å². The van der Waals surface area contributed by atoms with E-state index in [1.54, 1.807) is 11.3 Å². The third-order valence-electron chi connectivity index (χ3n) is 3.94. The highest BCUT2D eigenvalue weighted by molar-refractivity contribution is 7.10. The minimum Gasteiger partial charge on any atom is -0.348 e. The molecule has 1 atom stereocenters. The Labute approximate surface area is 123 Å². The molecule has 1 unspecified atom stereocenters. The lowest BCUT2D eigenvalue weighted by atomic mass is 9.88. The first-order chi connectivity index (χ1) is 9.74. The molecule has 3 heteroatoms. The molecule has 2 nitrogen and oxygen atoms in total. The number of benzene rings is 1. The molecule has 0 saturated heterocycles. The number of carbonyl (C=O) groups excluding carboxylic acids is 1. The molecule has 1 aliphatic carbocycles. The van der Waals surface area contributed by atoms with Crippen LogP contribution < -0.4 is 5.32 Å². The highest BCUT2D eigenvalue weighted by Crippen LogP contribution is 2.32. The second kappa shape index (κ2) is 5.80. The normalized spacial score (nSPS) is 17.6. The summed E-state index contributed by atoms with van der Waals surface area (Å²) < 4.78 is 0. The predicted molar refractivity (Wildman–Crippen MR) is 83.1 cm³/mol. The third-order valence-corrected chi connectivity index (χ3v) is 4.99. The molecule has 1 amide bonds. The van der Waals surface area contributed by atoms with Crippen molar-refractivity contribution in [3.05, 3.63) is 57.3 Å². The van der Waals surface area contributed by atoms with Crippen LogP contribution >= 0.6 is 11.3 Å². The zero-order valence-electron chi connectivity index (χ0n) is 11.7. The molecule has 20 heavy (non-hydrogen) atoms. The van der Waals surface area contributed by atoms with Crippen LogP contribution in [0.15, 0.2) is 35.7 Å². The summed E-state index contributed by atoms with van der Waals surface area (Å²) in [6.07, 6.45) is 3.38.